The van der Waals surface area contributed by atoms with Gasteiger partial charge in [-0.2, -0.15) is 23.5 Å². The highest BCUT2D eigenvalue weighted by Crippen LogP contribution is 2.44. The molecule has 0 saturated carbocycles. The van der Waals surface area contributed by atoms with Gasteiger partial charge in [0.2, 0.25) is 0 Å². The second-order valence-electron chi connectivity index (χ2n) is 8.28. The lowest BCUT2D eigenvalue weighted by Gasteiger charge is -2.41. The quantitative estimate of drug-likeness (QED) is 0.548. The Balaban J connectivity index is 1.82. The number of aromatic nitrogens is 4. The number of alkyl halides is 3. The van der Waals surface area contributed by atoms with E-state index in [1.165, 1.54) is 11.2 Å². The summed E-state index contributed by atoms with van der Waals surface area (Å²) in [6, 6.07) is 3.33. The lowest BCUT2D eigenvalue weighted by atomic mass is 9.85. The van der Waals surface area contributed by atoms with Crippen molar-refractivity contribution in [1.82, 2.24) is 24.6 Å². The van der Waals surface area contributed by atoms with Gasteiger partial charge in [-0.3, -0.25) is 4.90 Å². The summed E-state index contributed by atoms with van der Waals surface area (Å²) in [5.41, 5.74) is 8.60. The molecule has 3 aromatic rings. The fourth-order valence-electron chi connectivity index (χ4n) is 4.50. The van der Waals surface area contributed by atoms with Gasteiger partial charge >= 0.3 is 6.18 Å². The SMILES string of the molecule is CCOc1c([C@H](C)n2nc(C)c3c(N)ncnc32)cc(Cl)c(C#N)c1C1CN(CC(F)(F)F)C1. The predicted octanol–water partition coefficient (Wildman–Crippen LogP) is 4.21. The van der Waals surface area contributed by atoms with E-state index < -0.39 is 18.8 Å². The van der Waals surface area contributed by atoms with Crippen molar-refractivity contribution in [3.63, 3.8) is 0 Å². The highest BCUT2D eigenvalue weighted by Gasteiger charge is 2.40. The van der Waals surface area contributed by atoms with E-state index in [1.807, 2.05) is 6.92 Å². The fraction of sp³-hybridized carbons (Fsp3) is 0.455. The number of nitriles is 1. The van der Waals surface area contributed by atoms with Crippen LogP contribution in [-0.2, 0) is 0 Å². The fourth-order valence-corrected chi connectivity index (χ4v) is 4.76. The summed E-state index contributed by atoms with van der Waals surface area (Å²) in [5.74, 6) is 0.428. The first-order valence-corrected chi connectivity index (χ1v) is 11.1. The lowest BCUT2D eigenvalue weighted by molar-refractivity contribution is -0.154. The van der Waals surface area contributed by atoms with Crippen LogP contribution in [0.1, 0.15) is 48.2 Å². The summed E-state index contributed by atoms with van der Waals surface area (Å²) in [6.07, 6.45) is -2.94. The molecule has 8 nitrogen and oxygen atoms in total. The van der Waals surface area contributed by atoms with E-state index in [-0.39, 0.29) is 29.6 Å². The molecule has 3 heterocycles. The molecule has 0 spiro atoms. The maximum absolute atomic E-state index is 12.8. The molecule has 4 rings (SSSR count). The molecule has 1 fully saturated rings. The number of hydrogen-bond donors (Lipinski definition) is 1. The van der Waals surface area contributed by atoms with E-state index in [0.29, 0.717) is 46.0 Å². The van der Waals surface area contributed by atoms with Crippen molar-refractivity contribution in [2.24, 2.45) is 0 Å². The van der Waals surface area contributed by atoms with Gasteiger partial charge in [-0.15, -0.1) is 0 Å². The normalized spacial score (nSPS) is 15.8. The minimum Gasteiger partial charge on any atom is -0.493 e. The molecule has 1 atom stereocenters. The molecule has 1 saturated heterocycles. The van der Waals surface area contributed by atoms with Crippen LogP contribution in [0.4, 0.5) is 19.0 Å². The van der Waals surface area contributed by atoms with Crippen molar-refractivity contribution >= 4 is 28.5 Å². The van der Waals surface area contributed by atoms with E-state index in [2.05, 4.69) is 21.1 Å². The van der Waals surface area contributed by atoms with E-state index in [1.54, 1.807) is 24.6 Å². The Bertz CT molecular complexity index is 1280. The van der Waals surface area contributed by atoms with E-state index in [4.69, 9.17) is 22.1 Å². The number of nitrogens with zero attached hydrogens (tertiary/aromatic N) is 6. The van der Waals surface area contributed by atoms with Crippen LogP contribution in [0.15, 0.2) is 12.4 Å². The molecule has 180 valence electrons. The summed E-state index contributed by atoms with van der Waals surface area (Å²) < 4.78 is 46.1. The standard InChI is InChI=1S/C22H23ClF3N7O/c1-4-34-19-14(12(3)33-21-17(11(2)31-33)20(28)29-10-30-21)5-16(23)15(6-27)18(19)13-7-32(8-13)9-22(24,25)26/h5,10,12-13H,4,7-9H2,1-3H3,(H2,28,29,30)/t12-/m0/s1. The van der Waals surface area contributed by atoms with Crippen LogP contribution in [0.25, 0.3) is 11.0 Å². The molecule has 1 aliphatic heterocycles. The Morgan fingerprint density at radius 1 is 1.35 bits per heavy atom. The van der Waals surface area contributed by atoms with Crippen LogP contribution in [0, 0.1) is 18.3 Å². The largest absolute Gasteiger partial charge is 0.493 e. The molecule has 0 radical (unpaired) electrons. The summed E-state index contributed by atoms with van der Waals surface area (Å²) in [6.45, 7) is 5.08. The lowest BCUT2D eigenvalue weighted by Crippen LogP contribution is -2.49. The molecule has 0 unspecified atom stereocenters. The number of likely N-dealkylation sites (tertiary alicyclic amines) is 1. The third kappa shape index (κ3) is 4.23. The van der Waals surface area contributed by atoms with Gasteiger partial charge in [0.15, 0.2) is 5.65 Å². The number of anilines is 1. The van der Waals surface area contributed by atoms with Crippen molar-refractivity contribution in [2.75, 3.05) is 32.0 Å². The Morgan fingerprint density at radius 2 is 2.06 bits per heavy atom. The van der Waals surface area contributed by atoms with Crippen molar-refractivity contribution < 1.29 is 17.9 Å². The van der Waals surface area contributed by atoms with E-state index >= 15 is 0 Å². The zero-order valence-electron chi connectivity index (χ0n) is 18.8. The number of aryl methyl sites for hydroxylation is 1. The van der Waals surface area contributed by atoms with Crippen molar-refractivity contribution in [1.29, 1.82) is 5.26 Å². The number of halogens is 4. The molecule has 2 N–H and O–H groups in total. The van der Waals surface area contributed by atoms with Crippen molar-refractivity contribution in [2.45, 2.75) is 38.9 Å². The number of nitrogens with two attached hydrogens (primary N) is 1. The Kier molecular flexibility index (Phi) is 6.31. The molecule has 1 aromatic carbocycles. The predicted molar refractivity (Wildman–Crippen MR) is 121 cm³/mol. The monoisotopic (exact) mass is 493 g/mol. The summed E-state index contributed by atoms with van der Waals surface area (Å²) in [7, 11) is 0. The van der Waals surface area contributed by atoms with Crippen LogP contribution in [0.3, 0.4) is 0 Å². The van der Waals surface area contributed by atoms with Gasteiger partial charge in [-0.05, 0) is 26.8 Å². The number of benzene rings is 1. The van der Waals surface area contributed by atoms with E-state index in [9.17, 15) is 18.4 Å². The third-order valence-electron chi connectivity index (χ3n) is 5.98. The topological polar surface area (TPSA) is 106 Å². The maximum Gasteiger partial charge on any atom is 0.401 e. The first kappa shape index (κ1) is 24.0. The summed E-state index contributed by atoms with van der Waals surface area (Å²) in [4.78, 5) is 9.66. The highest BCUT2D eigenvalue weighted by molar-refractivity contribution is 6.32. The third-order valence-corrected chi connectivity index (χ3v) is 6.27. The van der Waals surface area contributed by atoms with Gasteiger partial charge in [0.05, 0.1) is 40.9 Å². The molecule has 1 aliphatic rings. The van der Waals surface area contributed by atoms with Crippen LogP contribution < -0.4 is 10.5 Å². The molecular formula is C22H23ClF3N7O. The van der Waals surface area contributed by atoms with Gasteiger partial charge in [0.1, 0.15) is 24.0 Å². The van der Waals surface area contributed by atoms with Gasteiger partial charge in [-0.1, -0.05) is 11.6 Å². The Labute approximate surface area is 199 Å². The van der Waals surface area contributed by atoms with Gasteiger partial charge in [0.25, 0.3) is 0 Å². The van der Waals surface area contributed by atoms with Crippen LogP contribution >= 0.6 is 11.6 Å². The van der Waals surface area contributed by atoms with Crippen LogP contribution in [0.2, 0.25) is 5.02 Å². The van der Waals surface area contributed by atoms with Gasteiger partial charge in [-0.25, -0.2) is 14.6 Å². The van der Waals surface area contributed by atoms with Gasteiger partial charge in [0, 0.05) is 30.1 Å². The minimum absolute atomic E-state index is 0.149. The zero-order valence-corrected chi connectivity index (χ0v) is 19.6. The van der Waals surface area contributed by atoms with Crippen LogP contribution in [0.5, 0.6) is 5.75 Å². The average molecular weight is 494 g/mol. The Morgan fingerprint density at radius 3 is 2.68 bits per heavy atom. The smallest absolute Gasteiger partial charge is 0.401 e. The number of ether oxygens (including phenoxy) is 1. The maximum atomic E-state index is 12.8. The number of hydrogen-bond acceptors (Lipinski definition) is 7. The van der Waals surface area contributed by atoms with E-state index in [0.717, 1.165) is 0 Å². The average Bonchev–Trinajstić information content (AvgIpc) is 3.08. The first-order chi connectivity index (χ1) is 16.1. The van der Waals surface area contributed by atoms with Crippen LogP contribution in [-0.4, -0.2) is 57.1 Å². The van der Waals surface area contributed by atoms with Gasteiger partial charge < -0.3 is 10.5 Å². The molecule has 0 bridgehead atoms. The highest BCUT2D eigenvalue weighted by atomic mass is 35.5. The number of fused-ring (bicyclic) bond motifs is 1. The second-order valence-corrected chi connectivity index (χ2v) is 8.69. The zero-order chi connectivity index (χ0) is 24.8. The molecule has 34 heavy (non-hydrogen) atoms. The minimum atomic E-state index is -4.29. The molecule has 0 aliphatic carbocycles. The molecule has 0 amide bonds. The summed E-state index contributed by atoms with van der Waals surface area (Å²) >= 11 is 6.51. The summed E-state index contributed by atoms with van der Waals surface area (Å²) in [5, 5.41) is 15.2. The molecular weight excluding hydrogens is 471 g/mol. The molecule has 12 heteroatoms. The molecule has 2 aromatic heterocycles. The first-order valence-electron chi connectivity index (χ1n) is 10.7. The second kappa shape index (κ2) is 8.92. The van der Waals surface area contributed by atoms with Crippen molar-refractivity contribution in [3.8, 4) is 11.8 Å². The Hall–Kier alpha value is -3.10. The number of nitrogen functional groups attached to an aromatic ring is 1. The van der Waals surface area contributed by atoms with Crippen molar-refractivity contribution in [3.05, 3.63) is 39.8 Å². The number of rotatable bonds is 6.